The number of benzene rings is 2. The number of hydrazone groups is 1. The minimum atomic E-state index is -0.350. The van der Waals surface area contributed by atoms with E-state index in [0.717, 1.165) is 37.1 Å². The molecule has 3 aromatic rings. The Morgan fingerprint density at radius 3 is 2.37 bits per heavy atom. The molecule has 0 unspecified atom stereocenters. The van der Waals surface area contributed by atoms with Crippen molar-refractivity contribution in [2.24, 2.45) is 5.10 Å². The van der Waals surface area contributed by atoms with Gasteiger partial charge in [0, 0.05) is 24.3 Å². The second-order valence-corrected chi connectivity index (χ2v) is 7.11. The number of rotatable bonds is 9. The van der Waals surface area contributed by atoms with E-state index in [1.165, 1.54) is 5.69 Å². The van der Waals surface area contributed by atoms with Gasteiger partial charge in [-0.3, -0.25) is 4.79 Å². The maximum absolute atomic E-state index is 12.7. The van der Waals surface area contributed by atoms with Crippen LogP contribution >= 0.6 is 0 Å². The highest BCUT2D eigenvalue weighted by Crippen LogP contribution is 2.24. The third-order valence-corrected chi connectivity index (χ3v) is 4.76. The number of carbonyl (C=O) groups is 1. The zero-order valence-electron chi connectivity index (χ0n) is 17.8. The van der Waals surface area contributed by atoms with Crippen LogP contribution in [-0.2, 0) is 0 Å². The Bertz CT molecular complexity index is 972. The number of nitrogens with zero attached hydrogens (tertiary/aromatic N) is 3. The highest BCUT2D eigenvalue weighted by atomic mass is 16.5. The van der Waals surface area contributed by atoms with Gasteiger partial charge < -0.3 is 9.42 Å². The molecule has 0 saturated heterocycles. The first-order valence-electron chi connectivity index (χ1n) is 10.3. The van der Waals surface area contributed by atoms with Gasteiger partial charge in [-0.1, -0.05) is 61.5 Å². The van der Waals surface area contributed by atoms with Crippen molar-refractivity contribution in [3.05, 3.63) is 71.5 Å². The van der Waals surface area contributed by atoms with Crippen LogP contribution in [0.2, 0.25) is 0 Å². The molecule has 6 nitrogen and oxygen atoms in total. The Hall–Kier alpha value is -3.41. The fourth-order valence-electron chi connectivity index (χ4n) is 3.33. The van der Waals surface area contributed by atoms with E-state index >= 15 is 0 Å². The Morgan fingerprint density at radius 1 is 1.07 bits per heavy atom. The minimum absolute atomic E-state index is 0.350. The summed E-state index contributed by atoms with van der Waals surface area (Å²) in [7, 11) is 0. The molecule has 0 spiro atoms. The van der Waals surface area contributed by atoms with E-state index in [9.17, 15) is 4.79 Å². The molecule has 0 radical (unpaired) electrons. The van der Waals surface area contributed by atoms with Gasteiger partial charge in [0.15, 0.2) is 0 Å². The van der Waals surface area contributed by atoms with Gasteiger partial charge in [-0.05, 0) is 37.5 Å². The Kier molecular flexibility index (Phi) is 7.38. The quantitative estimate of drug-likeness (QED) is 0.401. The number of anilines is 1. The molecule has 156 valence electrons. The first-order valence-corrected chi connectivity index (χ1v) is 10.3. The van der Waals surface area contributed by atoms with Gasteiger partial charge in [0.2, 0.25) is 0 Å². The van der Waals surface area contributed by atoms with E-state index in [2.05, 4.69) is 46.6 Å². The van der Waals surface area contributed by atoms with Gasteiger partial charge in [0.1, 0.15) is 17.0 Å². The van der Waals surface area contributed by atoms with Crippen LogP contribution in [0.25, 0.3) is 11.3 Å². The van der Waals surface area contributed by atoms with Crippen LogP contribution in [0.15, 0.2) is 64.2 Å². The van der Waals surface area contributed by atoms with E-state index in [1.54, 1.807) is 13.1 Å². The number of nitrogens with one attached hydrogen (secondary N) is 1. The molecule has 30 heavy (non-hydrogen) atoms. The molecule has 1 amide bonds. The van der Waals surface area contributed by atoms with Crippen molar-refractivity contribution in [3.8, 4) is 11.3 Å². The molecule has 0 saturated carbocycles. The average Bonchev–Trinajstić information content (AvgIpc) is 3.16. The normalized spacial score (nSPS) is 11.0. The minimum Gasteiger partial charge on any atom is -0.372 e. The molecule has 0 atom stereocenters. The average molecular weight is 405 g/mol. The summed E-state index contributed by atoms with van der Waals surface area (Å²) < 4.78 is 5.24. The molecular formula is C24H28N4O2. The second-order valence-electron chi connectivity index (χ2n) is 7.11. The summed E-state index contributed by atoms with van der Waals surface area (Å²) in [6, 6.07) is 17.7. The van der Waals surface area contributed by atoms with Crippen LogP contribution in [0, 0.1) is 6.92 Å². The summed E-state index contributed by atoms with van der Waals surface area (Å²) in [5.41, 5.74) is 6.42. The highest BCUT2D eigenvalue weighted by molar-refractivity contribution is 6.01. The van der Waals surface area contributed by atoms with Crippen molar-refractivity contribution in [3.63, 3.8) is 0 Å². The first kappa shape index (κ1) is 21.3. The summed E-state index contributed by atoms with van der Waals surface area (Å²) >= 11 is 0. The van der Waals surface area contributed by atoms with Crippen LogP contribution in [-0.4, -0.2) is 30.4 Å². The van der Waals surface area contributed by atoms with Crippen molar-refractivity contribution in [1.29, 1.82) is 0 Å². The topological polar surface area (TPSA) is 70.7 Å². The van der Waals surface area contributed by atoms with Gasteiger partial charge in [0.25, 0.3) is 5.91 Å². The van der Waals surface area contributed by atoms with Crippen LogP contribution in [0.5, 0.6) is 0 Å². The zero-order chi connectivity index (χ0) is 21.3. The Morgan fingerprint density at radius 2 is 1.73 bits per heavy atom. The third-order valence-electron chi connectivity index (χ3n) is 4.76. The first-order chi connectivity index (χ1) is 14.6. The number of aromatic nitrogens is 1. The molecular weight excluding hydrogens is 376 g/mol. The maximum Gasteiger partial charge on any atom is 0.277 e. The van der Waals surface area contributed by atoms with Crippen LogP contribution in [0.4, 0.5) is 5.69 Å². The lowest BCUT2D eigenvalue weighted by Gasteiger charge is -2.23. The number of hydrogen-bond acceptors (Lipinski definition) is 5. The van der Waals surface area contributed by atoms with E-state index in [1.807, 2.05) is 42.5 Å². The molecule has 0 aliphatic rings. The lowest BCUT2D eigenvalue weighted by Crippen LogP contribution is -2.24. The summed E-state index contributed by atoms with van der Waals surface area (Å²) in [5.74, 6) is 0.107. The largest absolute Gasteiger partial charge is 0.372 e. The fraction of sp³-hybridized carbons (Fsp3) is 0.292. The van der Waals surface area contributed by atoms with Crippen LogP contribution in [0.3, 0.4) is 0 Å². The maximum atomic E-state index is 12.7. The SMILES string of the molecule is CCCN(CCC)c1ccc(/C=N/NC(=O)c2c(-c3ccccc3)noc2C)cc1. The lowest BCUT2D eigenvalue weighted by atomic mass is 10.1. The van der Waals surface area contributed by atoms with Crippen molar-refractivity contribution in [2.45, 2.75) is 33.6 Å². The van der Waals surface area contributed by atoms with Gasteiger partial charge in [-0.15, -0.1) is 0 Å². The van der Waals surface area contributed by atoms with E-state index < -0.39 is 0 Å². The molecule has 0 bridgehead atoms. The molecule has 0 aliphatic carbocycles. The summed E-state index contributed by atoms with van der Waals surface area (Å²) in [5, 5.41) is 8.15. The van der Waals surface area contributed by atoms with Gasteiger partial charge in [-0.25, -0.2) is 5.43 Å². The summed E-state index contributed by atoms with van der Waals surface area (Å²) in [6.45, 7) is 8.17. The Balaban J connectivity index is 1.68. The summed E-state index contributed by atoms with van der Waals surface area (Å²) in [4.78, 5) is 15.0. The highest BCUT2D eigenvalue weighted by Gasteiger charge is 2.21. The number of hydrogen-bond donors (Lipinski definition) is 1. The third kappa shape index (κ3) is 5.14. The monoisotopic (exact) mass is 404 g/mol. The molecule has 6 heteroatoms. The molecule has 1 heterocycles. The molecule has 1 N–H and O–H groups in total. The van der Waals surface area contributed by atoms with Gasteiger partial charge in [0.05, 0.1) is 6.21 Å². The van der Waals surface area contributed by atoms with Gasteiger partial charge in [-0.2, -0.15) is 5.10 Å². The second kappa shape index (κ2) is 10.4. The van der Waals surface area contributed by atoms with Crippen molar-refractivity contribution in [2.75, 3.05) is 18.0 Å². The number of amides is 1. The van der Waals surface area contributed by atoms with E-state index in [0.29, 0.717) is 17.0 Å². The molecule has 0 aliphatic heterocycles. The smallest absolute Gasteiger partial charge is 0.277 e. The van der Waals surface area contributed by atoms with Gasteiger partial charge >= 0.3 is 0 Å². The van der Waals surface area contributed by atoms with Crippen LogP contribution < -0.4 is 10.3 Å². The van der Waals surface area contributed by atoms with Crippen molar-refractivity contribution < 1.29 is 9.32 Å². The van der Waals surface area contributed by atoms with E-state index in [-0.39, 0.29) is 5.91 Å². The van der Waals surface area contributed by atoms with Crippen molar-refractivity contribution in [1.82, 2.24) is 10.6 Å². The molecule has 2 aromatic carbocycles. The molecule has 1 aromatic heterocycles. The van der Waals surface area contributed by atoms with Crippen molar-refractivity contribution >= 4 is 17.8 Å². The number of aryl methyl sites for hydroxylation is 1. The standard InChI is InChI=1S/C24H28N4O2/c1-4-15-28(16-5-2)21-13-11-19(12-14-21)17-25-26-24(29)22-18(3)30-27-23(22)20-9-7-6-8-10-20/h6-14,17H,4-5,15-16H2,1-3H3,(H,26,29)/b25-17+. The molecule has 0 fully saturated rings. The zero-order valence-corrected chi connectivity index (χ0v) is 17.8. The number of carbonyl (C=O) groups excluding carboxylic acids is 1. The fourth-order valence-corrected chi connectivity index (χ4v) is 3.33. The van der Waals surface area contributed by atoms with Crippen LogP contribution in [0.1, 0.15) is 48.4 Å². The lowest BCUT2D eigenvalue weighted by molar-refractivity contribution is 0.0954. The summed E-state index contributed by atoms with van der Waals surface area (Å²) in [6.07, 6.45) is 3.86. The Labute approximate surface area is 177 Å². The predicted molar refractivity (Wildman–Crippen MR) is 121 cm³/mol. The predicted octanol–water partition coefficient (Wildman–Crippen LogP) is 5.04. The van der Waals surface area contributed by atoms with E-state index in [4.69, 9.17) is 4.52 Å². The molecule has 3 rings (SSSR count).